The Labute approximate surface area is 126 Å². The first-order valence-corrected chi connectivity index (χ1v) is 7.61. The molecule has 1 aromatic carbocycles. The number of rotatable bonds is 6. The molecule has 1 heterocycles. The summed E-state index contributed by atoms with van der Waals surface area (Å²) in [6.07, 6.45) is 1.29. The summed E-state index contributed by atoms with van der Waals surface area (Å²) in [5, 5.41) is 15.2. The van der Waals surface area contributed by atoms with Gasteiger partial charge < -0.3 is 21.2 Å². The molecule has 1 atom stereocenters. The summed E-state index contributed by atoms with van der Waals surface area (Å²) in [6.45, 7) is 8.86. The molecule has 5 heteroatoms. The zero-order valence-electron chi connectivity index (χ0n) is 12.9. The second-order valence-electron chi connectivity index (χ2n) is 6.06. The standard InChI is InChI=1S/C16H26N4O/c1-12(2)20-8-7-14(11-20)10-18-9-13-3-5-15(6-4-13)16(17)19-21/h3-6,12,14,18,21H,7-11H2,1-2H3,(H2,17,19). The highest BCUT2D eigenvalue weighted by Crippen LogP contribution is 2.17. The topological polar surface area (TPSA) is 73.9 Å². The lowest BCUT2D eigenvalue weighted by Gasteiger charge is -2.20. The van der Waals surface area contributed by atoms with Gasteiger partial charge in [-0.15, -0.1) is 0 Å². The van der Waals surface area contributed by atoms with Gasteiger partial charge in [0.1, 0.15) is 0 Å². The van der Waals surface area contributed by atoms with Crippen LogP contribution in [0.4, 0.5) is 0 Å². The molecule has 0 spiro atoms. The van der Waals surface area contributed by atoms with Crippen LogP contribution in [0.2, 0.25) is 0 Å². The minimum absolute atomic E-state index is 0.147. The molecule has 0 radical (unpaired) electrons. The first kappa shape index (κ1) is 15.8. The fourth-order valence-electron chi connectivity index (χ4n) is 2.77. The number of likely N-dealkylation sites (tertiary alicyclic amines) is 1. The molecule has 116 valence electrons. The molecule has 1 aliphatic heterocycles. The normalized spacial score (nSPS) is 20.3. The molecule has 0 bridgehead atoms. The fraction of sp³-hybridized carbons (Fsp3) is 0.562. The summed E-state index contributed by atoms with van der Waals surface area (Å²) in [7, 11) is 0. The SMILES string of the molecule is CC(C)N1CCC(CNCc2ccc(C(N)=NO)cc2)C1. The molecule has 1 aromatic rings. The van der Waals surface area contributed by atoms with E-state index in [2.05, 4.69) is 29.2 Å². The van der Waals surface area contributed by atoms with Gasteiger partial charge in [0, 0.05) is 24.7 Å². The highest BCUT2D eigenvalue weighted by atomic mass is 16.4. The molecule has 1 saturated heterocycles. The van der Waals surface area contributed by atoms with Crippen molar-refractivity contribution in [1.82, 2.24) is 10.2 Å². The van der Waals surface area contributed by atoms with Gasteiger partial charge in [0.15, 0.2) is 5.84 Å². The van der Waals surface area contributed by atoms with Gasteiger partial charge in [-0.2, -0.15) is 0 Å². The van der Waals surface area contributed by atoms with E-state index in [-0.39, 0.29) is 5.84 Å². The van der Waals surface area contributed by atoms with Crippen molar-refractivity contribution in [3.8, 4) is 0 Å². The summed E-state index contributed by atoms with van der Waals surface area (Å²) in [5.41, 5.74) is 7.50. The number of amidine groups is 1. The average molecular weight is 290 g/mol. The molecule has 4 N–H and O–H groups in total. The Hall–Kier alpha value is -1.59. The number of benzene rings is 1. The molecule has 0 saturated carbocycles. The number of nitrogens with two attached hydrogens (primary N) is 1. The third-order valence-electron chi connectivity index (χ3n) is 4.17. The Kier molecular flexibility index (Phi) is 5.59. The third kappa shape index (κ3) is 4.44. The summed E-state index contributed by atoms with van der Waals surface area (Å²) in [6, 6.07) is 8.43. The van der Waals surface area contributed by atoms with Gasteiger partial charge in [0.2, 0.25) is 0 Å². The number of hydrogen-bond donors (Lipinski definition) is 3. The number of nitrogens with zero attached hydrogens (tertiary/aromatic N) is 2. The molecule has 1 fully saturated rings. The second-order valence-corrected chi connectivity index (χ2v) is 6.06. The zero-order chi connectivity index (χ0) is 15.2. The van der Waals surface area contributed by atoms with E-state index in [9.17, 15) is 0 Å². The maximum atomic E-state index is 8.63. The Morgan fingerprint density at radius 2 is 2.14 bits per heavy atom. The fourth-order valence-corrected chi connectivity index (χ4v) is 2.77. The van der Waals surface area contributed by atoms with Crippen molar-refractivity contribution >= 4 is 5.84 Å². The van der Waals surface area contributed by atoms with E-state index in [0.717, 1.165) is 24.6 Å². The van der Waals surface area contributed by atoms with Crippen LogP contribution in [0.3, 0.4) is 0 Å². The smallest absolute Gasteiger partial charge is 0.170 e. The Morgan fingerprint density at radius 3 is 2.71 bits per heavy atom. The van der Waals surface area contributed by atoms with Crippen LogP contribution in [0.1, 0.15) is 31.4 Å². The van der Waals surface area contributed by atoms with Crippen LogP contribution in [-0.2, 0) is 6.54 Å². The van der Waals surface area contributed by atoms with Crippen molar-refractivity contribution in [3.05, 3.63) is 35.4 Å². The Bertz CT molecular complexity index is 470. The van der Waals surface area contributed by atoms with Crippen LogP contribution in [0.15, 0.2) is 29.4 Å². The number of hydrogen-bond acceptors (Lipinski definition) is 4. The second kappa shape index (κ2) is 7.43. The summed E-state index contributed by atoms with van der Waals surface area (Å²) < 4.78 is 0. The third-order valence-corrected chi connectivity index (χ3v) is 4.17. The van der Waals surface area contributed by atoms with Crippen LogP contribution in [0.25, 0.3) is 0 Å². The van der Waals surface area contributed by atoms with Crippen molar-refractivity contribution in [1.29, 1.82) is 0 Å². The molecule has 21 heavy (non-hydrogen) atoms. The van der Waals surface area contributed by atoms with Crippen LogP contribution in [-0.4, -0.2) is 41.6 Å². The molecular weight excluding hydrogens is 264 g/mol. The highest BCUT2D eigenvalue weighted by Gasteiger charge is 2.23. The van der Waals surface area contributed by atoms with E-state index in [1.165, 1.54) is 25.1 Å². The van der Waals surface area contributed by atoms with Crippen LogP contribution in [0, 0.1) is 5.92 Å². The lowest BCUT2D eigenvalue weighted by atomic mass is 10.1. The van der Waals surface area contributed by atoms with Crippen molar-refractivity contribution < 1.29 is 5.21 Å². The van der Waals surface area contributed by atoms with Crippen LogP contribution < -0.4 is 11.1 Å². The van der Waals surface area contributed by atoms with Crippen LogP contribution in [0.5, 0.6) is 0 Å². The lowest BCUT2D eigenvalue weighted by molar-refractivity contribution is 0.264. The number of nitrogens with one attached hydrogen (secondary N) is 1. The van der Waals surface area contributed by atoms with Gasteiger partial charge in [0.25, 0.3) is 0 Å². The maximum Gasteiger partial charge on any atom is 0.170 e. The number of oxime groups is 1. The van der Waals surface area contributed by atoms with Crippen molar-refractivity contribution in [2.75, 3.05) is 19.6 Å². The van der Waals surface area contributed by atoms with Crippen molar-refractivity contribution in [2.24, 2.45) is 16.8 Å². The predicted molar refractivity (Wildman–Crippen MR) is 85.5 cm³/mol. The monoisotopic (exact) mass is 290 g/mol. The van der Waals surface area contributed by atoms with Gasteiger partial charge >= 0.3 is 0 Å². The first-order valence-electron chi connectivity index (χ1n) is 7.61. The van der Waals surface area contributed by atoms with E-state index in [1.54, 1.807) is 0 Å². The molecule has 0 aliphatic carbocycles. The molecule has 1 aliphatic rings. The Balaban J connectivity index is 1.74. The van der Waals surface area contributed by atoms with E-state index >= 15 is 0 Å². The van der Waals surface area contributed by atoms with Crippen molar-refractivity contribution in [2.45, 2.75) is 32.9 Å². The quantitative estimate of drug-likeness (QED) is 0.322. The van der Waals surface area contributed by atoms with Gasteiger partial charge in [-0.1, -0.05) is 29.4 Å². The molecule has 2 rings (SSSR count). The van der Waals surface area contributed by atoms with E-state index in [1.807, 2.05) is 24.3 Å². The summed E-state index contributed by atoms with van der Waals surface area (Å²) in [4.78, 5) is 2.54. The summed E-state index contributed by atoms with van der Waals surface area (Å²) in [5.74, 6) is 0.901. The average Bonchev–Trinajstić information content (AvgIpc) is 2.96. The van der Waals surface area contributed by atoms with Gasteiger partial charge in [0.05, 0.1) is 0 Å². The van der Waals surface area contributed by atoms with E-state index in [0.29, 0.717) is 6.04 Å². The lowest BCUT2D eigenvalue weighted by Crippen LogP contribution is -2.30. The summed E-state index contributed by atoms with van der Waals surface area (Å²) >= 11 is 0. The van der Waals surface area contributed by atoms with E-state index in [4.69, 9.17) is 10.9 Å². The first-order chi connectivity index (χ1) is 10.1. The minimum atomic E-state index is 0.147. The zero-order valence-corrected chi connectivity index (χ0v) is 12.9. The molecule has 5 nitrogen and oxygen atoms in total. The van der Waals surface area contributed by atoms with E-state index < -0.39 is 0 Å². The minimum Gasteiger partial charge on any atom is -0.409 e. The highest BCUT2D eigenvalue weighted by molar-refractivity contribution is 5.96. The van der Waals surface area contributed by atoms with Crippen LogP contribution >= 0.6 is 0 Å². The maximum absolute atomic E-state index is 8.63. The largest absolute Gasteiger partial charge is 0.409 e. The predicted octanol–water partition coefficient (Wildman–Crippen LogP) is 1.60. The molecule has 1 unspecified atom stereocenters. The van der Waals surface area contributed by atoms with Gasteiger partial charge in [-0.25, -0.2) is 0 Å². The van der Waals surface area contributed by atoms with Gasteiger partial charge in [-0.3, -0.25) is 0 Å². The molecule has 0 amide bonds. The van der Waals surface area contributed by atoms with Gasteiger partial charge in [-0.05, 0) is 44.8 Å². The molecular formula is C16H26N4O. The van der Waals surface area contributed by atoms with Crippen molar-refractivity contribution in [3.63, 3.8) is 0 Å². The Morgan fingerprint density at radius 1 is 1.43 bits per heavy atom. The molecule has 0 aromatic heterocycles.